The number of fused-ring (bicyclic) bond motifs is 1. The summed E-state index contributed by atoms with van der Waals surface area (Å²) in [4.78, 5) is 19.0. The third-order valence-corrected chi connectivity index (χ3v) is 2.59. The number of hydrogen-bond acceptors (Lipinski definition) is 5. The Kier molecular flexibility index (Phi) is 4.20. The molecular weight excluding hydrogens is 276 g/mol. The van der Waals surface area contributed by atoms with Crippen LogP contribution in [-0.2, 0) is 0 Å². The summed E-state index contributed by atoms with van der Waals surface area (Å²) in [7, 11) is 0. The molecule has 1 aromatic heterocycles. The molecule has 0 radical (unpaired) electrons. The van der Waals surface area contributed by atoms with Crippen LogP contribution in [0.3, 0.4) is 0 Å². The number of aromatic nitrogens is 2. The van der Waals surface area contributed by atoms with E-state index in [2.05, 4.69) is 10.2 Å². The van der Waals surface area contributed by atoms with Gasteiger partial charge in [-0.2, -0.15) is 5.10 Å². The molecule has 0 amide bonds. The van der Waals surface area contributed by atoms with Gasteiger partial charge in [-0.1, -0.05) is 18.2 Å². The Hall–Kier alpha value is -3.29. The lowest BCUT2D eigenvalue weighted by Crippen LogP contribution is -1.91. The van der Waals surface area contributed by atoms with Crippen LogP contribution >= 0.6 is 0 Å². The normalized spacial score (nSPS) is 9.71. The van der Waals surface area contributed by atoms with Crippen LogP contribution in [0.15, 0.2) is 54.7 Å². The first kappa shape index (κ1) is 14.1. The van der Waals surface area contributed by atoms with Crippen LogP contribution in [0.2, 0.25) is 0 Å². The van der Waals surface area contributed by atoms with Crippen LogP contribution in [0, 0.1) is 20.2 Å². The lowest BCUT2D eigenvalue weighted by atomic mass is 10.3. The first-order chi connectivity index (χ1) is 10.1. The van der Waals surface area contributed by atoms with Crippen molar-refractivity contribution in [1.29, 1.82) is 0 Å². The van der Waals surface area contributed by atoms with Crippen LogP contribution in [0.4, 0.5) is 11.4 Å². The van der Waals surface area contributed by atoms with Crippen molar-refractivity contribution in [3.63, 3.8) is 0 Å². The van der Waals surface area contributed by atoms with E-state index < -0.39 is 9.85 Å². The Morgan fingerprint density at radius 3 is 2.10 bits per heavy atom. The van der Waals surface area contributed by atoms with Crippen molar-refractivity contribution < 1.29 is 9.85 Å². The first-order valence-electron chi connectivity index (χ1n) is 5.85. The van der Waals surface area contributed by atoms with Gasteiger partial charge in [0.05, 0.1) is 21.4 Å². The molecule has 0 aliphatic rings. The van der Waals surface area contributed by atoms with E-state index in [0.29, 0.717) is 0 Å². The number of aromatic amines is 1. The Morgan fingerprint density at radius 2 is 1.52 bits per heavy atom. The number of benzene rings is 2. The topological polar surface area (TPSA) is 115 Å². The van der Waals surface area contributed by atoms with Crippen molar-refractivity contribution in [3.05, 3.63) is 75.0 Å². The van der Waals surface area contributed by atoms with Gasteiger partial charge in [0.1, 0.15) is 0 Å². The smallest absolute Gasteiger partial charge is 0.276 e. The Labute approximate surface area is 118 Å². The molecule has 1 heterocycles. The van der Waals surface area contributed by atoms with E-state index in [0.717, 1.165) is 17.0 Å². The van der Waals surface area contributed by atoms with Gasteiger partial charge in [-0.3, -0.25) is 25.3 Å². The average molecular weight is 286 g/mol. The number of hydrogen-bond donors (Lipinski definition) is 1. The maximum Gasteiger partial charge on any atom is 0.276 e. The summed E-state index contributed by atoms with van der Waals surface area (Å²) in [6, 6.07) is 12.6. The maximum atomic E-state index is 10.2. The SMILES string of the molecule is O=[N+]([O-])c1cccc([N+](=O)[O-])c1.c1ccc2n[nH]cc2c1. The third kappa shape index (κ3) is 3.60. The number of nitrogens with one attached hydrogen (secondary N) is 1. The van der Waals surface area contributed by atoms with Gasteiger partial charge in [-0.25, -0.2) is 0 Å². The van der Waals surface area contributed by atoms with Crippen LogP contribution in [-0.4, -0.2) is 20.0 Å². The van der Waals surface area contributed by atoms with Crippen molar-refractivity contribution in [1.82, 2.24) is 10.2 Å². The van der Waals surface area contributed by atoms with E-state index >= 15 is 0 Å². The number of nitro groups is 2. The number of nitrogens with zero attached hydrogens (tertiary/aromatic N) is 3. The largest absolute Gasteiger partial charge is 0.285 e. The molecule has 0 aliphatic heterocycles. The maximum absolute atomic E-state index is 10.2. The number of nitro benzene ring substituents is 2. The first-order valence-corrected chi connectivity index (χ1v) is 5.85. The Morgan fingerprint density at radius 1 is 0.905 bits per heavy atom. The summed E-state index contributed by atoms with van der Waals surface area (Å²) in [6.45, 7) is 0. The molecule has 0 saturated heterocycles. The minimum absolute atomic E-state index is 0.274. The van der Waals surface area contributed by atoms with E-state index in [9.17, 15) is 20.2 Å². The lowest BCUT2D eigenvalue weighted by molar-refractivity contribution is -0.394. The van der Waals surface area contributed by atoms with E-state index in [1.807, 2.05) is 30.5 Å². The summed E-state index contributed by atoms with van der Waals surface area (Å²) in [5.41, 5.74) is 0.478. The highest BCUT2D eigenvalue weighted by Gasteiger charge is 2.11. The second-order valence-corrected chi connectivity index (χ2v) is 3.98. The predicted molar refractivity (Wildman–Crippen MR) is 75.8 cm³/mol. The molecule has 2 aromatic carbocycles. The highest BCUT2D eigenvalue weighted by atomic mass is 16.6. The van der Waals surface area contributed by atoms with Crippen molar-refractivity contribution in [2.24, 2.45) is 0 Å². The van der Waals surface area contributed by atoms with Crippen LogP contribution in [0.25, 0.3) is 10.9 Å². The van der Waals surface area contributed by atoms with Gasteiger partial charge in [-0.05, 0) is 12.1 Å². The fourth-order valence-corrected chi connectivity index (χ4v) is 1.60. The summed E-state index contributed by atoms with van der Waals surface area (Å²) in [6.07, 6.45) is 1.88. The zero-order valence-electron chi connectivity index (χ0n) is 10.7. The summed E-state index contributed by atoms with van der Waals surface area (Å²) < 4.78 is 0. The summed E-state index contributed by atoms with van der Waals surface area (Å²) in [5.74, 6) is 0. The second kappa shape index (κ2) is 6.24. The van der Waals surface area contributed by atoms with Crippen LogP contribution in [0.1, 0.15) is 0 Å². The molecule has 8 nitrogen and oxygen atoms in total. The van der Waals surface area contributed by atoms with E-state index in [1.54, 1.807) is 0 Å². The molecule has 0 aliphatic carbocycles. The fraction of sp³-hybridized carbons (Fsp3) is 0. The molecule has 0 bridgehead atoms. The quantitative estimate of drug-likeness (QED) is 0.574. The highest BCUT2D eigenvalue weighted by Crippen LogP contribution is 2.18. The molecule has 0 fully saturated rings. The minimum Gasteiger partial charge on any atom is -0.285 e. The van der Waals surface area contributed by atoms with Crippen LogP contribution < -0.4 is 0 Å². The Balaban J connectivity index is 0.000000159. The van der Waals surface area contributed by atoms with Crippen molar-refractivity contribution >= 4 is 22.3 Å². The molecule has 21 heavy (non-hydrogen) atoms. The molecule has 3 aromatic rings. The minimum atomic E-state index is -0.674. The molecule has 0 saturated carbocycles. The molecule has 3 rings (SSSR count). The molecule has 8 heteroatoms. The summed E-state index contributed by atoms with van der Waals surface area (Å²) >= 11 is 0. The van der Waals surface area contributed by atoms with Gasteiger partial charge in [0.2, 0.25) is 0 Å². The molecule has 0 spiro atoms. The van der Waals surface area contributed by atoms with Gasteiger partial charge in [-0.15, -0.1) is 0 Å². The number of H-pyrrole nitrogens is 1. The standard InChI is InChI=1S/C7H6N2.C6H4N2O4/c1-2-4-7-6(3-1)5-8-9-7;9-7(10)5-2-1-3-6(4-5)8(11)12/h1-5H,(H,8,9);1-4H. The zero-order chi connectivity index (χ0) is 15.2. The molecule has 0 atom stereocenters. The van der Waals surface area contributed by atoms with Gasteiger partial charge in [0.15, 0.2) is 0 Å². The van der Waals surface area contributed by atoms with Gasteiger partial charge < -0.3 is 0 Å². The number of rotatable bonds is 2. The predicted octanol–water partition coefficient (Wildman–Crippen LogP) is 3.07. The fourth-order valence-electron chi connectivity index (χ4n) is 1.60. The molecular formula is C13H10N4O4. The monoisotopic (exact) mass is 286 g/mol. The van der Waals surface area contributed by atoms with Crippen molar-refractivity contribution in [2.45, 2.75) is 0 Å². The summed E-state index contributed by atoms with van der Waals surface area (Å²) in [5, 5.41) is 28.3. The molecule has 106 valence electrons. The Bertz CT molecular complexity index is 725. The highest BCUT2D eigenvalue weighted by molar-refractivity contribution is 5.77. The third-order valence-electron chi connectivity index (χ3n) is 2.59. The molecule has 0 unspecified atom stereocenters. The number of non-ortho nitro benzene ring substituents is 2. The van der Waals surface area contributed by atoms with Crippen LogP contribution in [0.5, 0.6) is 0 Å². The van der Waals surface area contributed by atoms with Gasteiger partial charge in [0, 0.05) is 23.7 Å². The van der Waals surface area contributed by atoms with E-state index in [-0.39, 0.29) is 11.4 Å². The van der Waals surface area contributed by atoms with E-state index in [1.165, 1.54) is 18.2 Å². The average Bonchev–Trinajstić information content (AvgIpc) is 2.96. The number of para-hydroxylation sites is 1. The van der Waals surface area contributed by atoms with Gasteiger partial charge >= 0.3 is 0 Å². The molecule has 1 N–H and O–H groups in total. The lowest BCUT2D eigenvalue weighted by Gasteiger charge is -1.90. The van der Waals surface area contributed by atoms with Gasteiger partial charge in [0.25, 0.3) is 11.4 Å². The van der Waals surface area contributed by atoms with Crippen molar-refractivity contribution in [2.75, 3.05) is 0 Å². The van der Waals surface area contributed by atoms with Crippen molar-refractivity contribution in [3.8, 4) is 0 Å². The zero-order valence-corrected chi connectivity index (χ0v) is 10.7. The van der Waals surface area contributed by atoms with E-state index in [4.69, 9.17) is 0 Å². The second-order valence-electron chi connectivity index (χ2n) is 3.98.